The summed E-state index contributed by atoms with van der Waals surface area (Å²) in [7, 11) is 0. The van der Waals surface area contributed by atoms with Crippen LogP contribution in [-0.4, -0.2) is 27.7 Å². The molecule has 0 aliphatic carbocycles. The molecule has 1 aromatic heterocycles. The van der Waals surface area contributed by atoms with E-state index in [1.165, 1.54) is 12.1 Å². The lowest BCUT2D eigenvalue weighted by atomic mass is 9.99. The number of nitrogens with zero attached hydrogens (tertiary/aromatic N) is 2. The molecule has 0 amide bonds. The van der Waals surface area contributed by atoms with E-state index >= 15 is 0 Å². The predicted molar refractivity (Wildman–Crippen MR) is 125 cm³/mol. The number of rotatable bonds is 5. The quantitative estimate of drug-likeness (QED) is 0.466. The van der Waals surface area contributed by atoms with E-state index in [9.17, 15) is 14.3 Å². The summed E-state index contributed by atoms with van der Waals surface area (Å²) in [5.74, 6) is 1.68. The first-order valence-corrected chi connectivity index (χ1v) is 11.0. The van der Waals surface area contributed by atoms with Gasteiger partial charge < -0.3 is 15.2 Å². The lowest BCUT2D eigenvalue weighted by Crippen LogP contribution is -2.35. The Morgan fingerprint density at radius 3 is 2.55 bits per heavy atom. The third kappa shape index (κ3) is 4.59. The summed E-state index contributed by atoms with van der Waals surface area (Å²) in [6, 6.07) is 17.6. The topological polar surface area (TPSA) is 76.4 Å². The molecule has 33 heavy (non-hydrogen) atoms. The van der Waals surface area contributed by atoms with Gasteiger partial charge in [0, 0.05) is 12.1 Å². The number of aromatic hydroxyl groups is 1. The molecule has 1 fully saturated rings. The molecule has 0 spiro atoms. The molecule has 0 saturated carbocycles. The van der Waals surface area contributed by atoms with Gasteiger partial charge in [-0.1, -0.05) is 0 Å². The average molecular weight is 445 g/mol. The number of piperidine rings is 1. The van der Waals surface area contributed by atoms with E-state index in [0.717, 1.165) is 31.5 Å². The number of halogens is 1. The highest BCUT2D eigenvalue weighted by atomic mass is 19.1. The maximum Gasteiger partial charge on any atom is 0.261 e. The maximum atomic E-state index is 13.7. The van der Waals surface area contributed by atoms with E-state index in [-0.39, 0.29) is 17.1 Å². The largest absolute Gasteiger partial charge is 0.508 e. The number of fused-ring (bicyclic) bond motifs is 1. The van der Waals surface area contributed by atoms with Crippen LogP contribution >= 0.6 is 0 Å². The molecule has 3 aromatic carbocycles. The van der Waals surface area contributed by atoms with E-state index < -0.39 is 0 Å². The zero-order chi connectivity index (χ0) is 22.8. The molecule has 0 radical (unpaired) electrons. The van der Waals surface area contributed by atoms with Crippen LogP contribution in [0.2, 0.25) is 0 Å². The highest BCUT2D eigenvalue weighted by Crippen LogP contribution is 2.27. The van der Waals surface area contributed by atoms with Crippen LogP contribution in [0.3, 0.4) is 0 Å². The summed E-state index contributed by atoms with van der Waals surface area (Å²) in [5.41, 5.74) is 1.19. The second kappa shape index (κ2) is 9.03. The van der Waals surface area contributed by atoms with Gasteiger partial charge in [-0.3, -0.25) is 9.36 Å². The first-order valence-electron chi connectivity index (χ1n) is 11.0. The maximum absolute atomic E-state index is 13.7. The van der Waals surface area contributed by atoms with Gasteiger partial charge in [0.05, 0.1) is 10.9 Å². The summed E-state index contributed by atoms with van der Waals surface area (Å²) in [6.07, 6.45) is 2.12. The zero-order valence-electron chi connectivity index (χ0n) is 18.0. The van der Waals surface area contributed by atoms with Crippen molar-refractivity contribution in [3.8, 4) is 28.6 Å². The molecule has 1 aliphatic heterocycles. The van der Waals surface area contributed by atoms with Gasteiger partial charge in [0.1, 0.15) is 28.9 Å². The Balaban J connectivity index is 1.59. The number of benzene rings is 3. The monoisotopic (exact) mass is 445 g/mol. The summed E-state index contributed by atoms with van der Waals surface area (Å²) in [5, 5.41) is 13.6. The van der Waals surface area contributed by atoms with Gasteiger partial charge in [-0.25, -0.2) is 9.37 Å². The molecule has 7 heteroatoms. The van der Waals surface area contributed by atoms with Crippen LogP contribution in [0, 0.1) is 11.7 Å². The van der Waals surface area contributed by atoms with Crippen molar-refractivity contribution in [2.45, 2.75) is 19.4 Å². The fourth-order valence-electron chi connectivity index (χ4n) is 4.24. The number of nitrogens with one attached hydrogen (secondary N) is 1. The van der Waals surface area contributed by atoms with Gasteiger partial charge in [0.15, 0.2) is 0 Å². The first-order chi connectivity index (χ1) is 16.1. The molecule has 4 aromatic rings. The third-order valence-corrected chi connectivity index (χ3v) is 5.94. The molecule has 2 N–H and O–H groups in total. The number of phenolic OH excluding ortho intramolecular Hbond substituents is 1. The van der Waals surface area contributed by atoms with E-state index in [1.54, 1.807) is 59.2 Å². The van der Waals surface area contributed by atoms with Crippen molar-refractivity contribution >= 4 is 10.9 Å². The molecule has 2 heterocycles. The minimum absolute atomic E-state index is 0.141. The molecule has 1 aliphatic rings. The Morgan fingerprint density at radius 2 is 1.82 bits per heavy atom. The normalized spacial score (nSPS) is 16.1. The summed E-state index contributed by atoms with van der Waals surface area (Å²) >= 11 is 0. The summed E-state index contributed by atoms with van der Waals surface area (Å²) < 4.78 is 20.8. The van der Waals surface area contributed by atoms with Crippen molar-refractivity contribution in [1.29, 1.82) is 0 Å². The van der Waals surface area contributed by atoms with E-state index in [0.29, 0.717) is 40.7 Å². The minimum atomic E-state index is -0.341. The number of hydrogen-bond donors (Lipinski definition) is 2. The average Bonchev–Trinajstić information content (AvgIpc) is 2.84. The fourth-order valence-corrected chi connectivity index (χ4v) is 4.24. The molecular formula is C26H24FN3O3. The van der Waals surface area contributed by atoms with Crippen molar-refractivity contribution in [1.82, 2.24) is 14.9 Å². The molecule has 1 atom stereocenters. The third-order valence-electron chi connectivity index (χ3n) is 5.94. The number of ether oxygens (including phenoxy) is 1. The first kappa shape index (κ1) is 21.2. The second-order valence-corrected chi connectivity index (χ2v) is 8.35. The predicted octanol–water partition coefficient (Wildman–Crippen LogP) is 4.70. The van der Waals surface area contributed by atoms with Crippen LogP contribution in [-0.2, 0) is 6.54 Å². The van der Waals surface area contributed by atoms with E-state index in [4.69, 9.17) is 9.72 Å². The van der Waals surface area contributed by atoms with E-state index in [1.807, 2.05) is 0 Å². The Morgan fingerprint density at radius 1 is 1.06 bits per heavy atom. The summed E-state index contributed by atoms with van der Waals surface area (Å²) in [4.78, 5) is 18.5. The molecule has 0 bridgehead atoms. The lowest BCUT2D eigenvalue weighted by molar-refractivity contribution is 0.334. The molecule has 5 rings (SSSR count). The van der Waals surface area contributed by atoms with Crippen LogP contribution in [0.5, 0.6) is 17.2 Å². The van der Waals surface area contributed by atoms with Crippen LogP contribution < -0.4 is 15.6 Å². The number of phenols is 1. The molecular weight excluding hydrogens is 421 g/mol. The Kier molecular flexibility index (Phi) is 5.79. The van der Waals surface area contributed by atoms with Gasteiger partial charge in [0.2, 0.25) is 0 Å². The molecule has 1 saturated heterocycles. The number of hydrogen-bond acceptors (Lipinski definition) is 5. The number of aromatic nitrogens is 2. The standard InChI is InChI=1S/C26H24FN3O3/c27-19-5-9-21(10-6-19)33-22-11-12-24-23(14-22)26(32)30(16-17-2-1-13-28-15-17)25(29-24)18-3-7-20(31)8-4-18/h3-12,14,17,28,31H,1-2,13,15-16H2. The van der Waals surface area contributed by atoms with Crippen LogP contribution in [0.4, 0.5) is 4.39 Å². The van der Waals surface area contributed by atoms with Gasteiger partial charge in [-0.2, -0.15) is 0 Å². The Labute approximate surface area is 190 Å². The molecule has 6 nitrogen and oxygen atoms in total. The van der Waals surface area contributed by atoms with Crippen LogP contribution in [0.25, 0.3) is 22.3 Å². The smallest absolute Gasteiger partial charge is 0.261 e. The Hall–Kier alpha value is -3.71. The van der Waals surface area contributed by atoms with Gasteiger partial charge >= 0.3 is 0 Å². The van der Waals surface area contributed by atoms with E-state index in [2.05, 4.69) is 5.32 Å². The fraction of sp³-hybridized carbons (Fsp3) is 0.231. The molecule has 168 valence electrons. The van der Waals surface area contributed by atoms with Crippen molar-refractivity contribution in [2.75, 3.05) is 13.1 Å². The zero-order valence-corrected chi connectivity index (χ0v) is 18.0. The van der Waals surface area contributed by atoms with Gasteiger partial charge in [-0.15, -0.1) is 0 Å². The highest BCUT2D eigenvalue weighted by Gasteiger charge is 2.19. The van der Waals surface area contributed by atoms with Gasteiger partial charge in [-0.05, 0) is 98.6 Å². The van der Waals surface area contributed by atoms with Crippen LogP contribution in [0.15, 0.2) is 71.5 Å². The highest BCUT2D eigenvalue weighted by molar-refractivity contribution is 5.81. The van der Waals surface area contributed by atoms with Crippen molar-refractivity contribution in [2.24, 2.45) is 5.92 Å². The van der Waals surface area contributed by atoms with Crippen molar-refractivity contribution < 1.29 is 14.2 Å². The summed E-state index contributed by atoms with van der Waals surface area (Å²) in [6.45, 7) is 2.40. The SMILES string of the molecule is O=c1c2cc(Oc3ccc(F)cc3)ccc2nc(-c2ccc(O)cc2)n1CC1CCCNC1. The molecule has 1 unspecified atom stereocenters. The lowest BCUT2D eigenvalue weighted by Gasteiger charge is -2.25. The van der Waals surface area contributed by atoms with Crippen LogP contribution in [0.1, 0.15) is 12.8 Å². The Bertz CT molecular complexity index is 1330. The second-order valence-electron chi connectivity index (χ2n) is 8.35. The minimum Gasteiger partial charge on any atom is -0.508 e. The van der Waals surface area contributed by atoms with Crippen molar-refractivity contribution in [3.63, 3.8) is 0 Å². The van der Waals surface area contributed by atoms with Gasteiger partial charge in [0.25, 0.3) is 5.56 Å². The van der Waals surface area contributed by atoms with Crippen molar-refractivity contribution in [3.05, 3.63) is 82.9 Å².